The van der Waals surface area contributed by atoms with Gasteiger partial charge in [-0.25, -0.2) is 0 Å². The van der Waals surface area contributed by atoms with Crippen LogP contribution in [0.3, 0.4) is 0 Å². The number of para-hydroxylation sites is 1. The van der Waals surface area contributed by atoms with E-state index in [4.69, 9.17) is 21.1 Å². The van der Waals surface area contributed by atoms with E-state index in [-0.39, 0.29) is 41.7 Å². The first kappa shape index (κ1) is 27.9. The molecule has 1 rings (SSSR count). The zero-order valence-electron chi connectivity index (χ0n) is 19.1. The van der Waals surface area contributed by atoms with Crippen molar-refractivity contribution in [2.24, 2.45) is 0 Å². The molecule has 8 heteroatoms. The Morgan fingerprint density at radius 1 is 0.875 bits per heavy atom. The van der Waals surface area contributed by atoms with Gasteiger partial charge in [0.15, 0.2) is 0 Å². The van der Waals surface area contributed by atoms with Gasteiger partial charge in [0.25, 0.3) is 5.69 Å². The molecule has 0 aliphatic carbocycles. The van der Waals surface area contributed by atoms with Crippen molar-refractivity contribution in [2.45, 2.75) is 97.0 Å². The molecular formula is C24H36ClNO6. The van der Waals surface area contributed by atoms with Gasteiger partial charge in [0, 0.05) is 12.8 Å². The summed E-state index contributed by atoms with van der Waals surface area (Å²) in [5.74, 6) is -0.846. The molecule has 0 heterocycles. The largest absolute Gasteiger partial charge is 0.466 e. The number of unbranched alkanes of at least 4 members (excludes halogenated alkanes) is 9. The Kier molecular flexibility index (Phi) is 15.2. The van der Waals surface area contributed by atoms with Crippen molar-refractivity contribution >= 4 is 29.2 Å². The molecule has 1 aromatic carbocycles. The quantitative estimate of drug-likeness (QED) is 0.100. The molecule has 180 valence electrons. The number of ether oxygens (including phenoxy) is 2. The summed E-state index contributed by atoms with van der Waals surface area (Å²) in [7, 11) is 0. The van der Waals surface area contributed by atoms with Crippen LogP contribution in [-0.2, 0) is 25.7 Å². The van der Waals surface area contributed by atoms with Crippen molar-refractivity contribution in [1.82, 2.24) is 0 Å². The fourth-order valence-corrected chi connectivity index (χ4v) is 3.60. The highest BCUT2D eigenvalue weighted by Crippen LogP contribution is 2.28. The van der Waals surface area contributed by atoms with Crippen molar-refractivity contribution in [2.75, 3.05) is 6.61 Å². The van der Waals surface area contributed by atoms with E-state index in [1.54, 1.807) is 6.07 Å². The summed E-state index contributed by atoms with van der Waals surface area (Å²) in [6.07, 6.45) is 12.7. The molecule has 7 nitrogen and oxygen atoms in total. The number of nitro groups is 1. The van der Waals surface area contributed by atoms with E-state index in [2.05, 4.69) is 6.92 Å². The lowest BCUT2D eigenvalue weighted by Crippen LogP contribution is -2.09. The molecule has 32 heavy (non-hydrogen) atoms. The van der Waals surface area contributed by atoms with Crippen LogP contribution in [0.15, 0.2) is 18.2 Å². The van der Waals surface area contributed by atoms with Gasteiger partial charge >= 0.3 is 11.9 Å². The second-order valence-electron chi connectivity index (χ2n) is 7.92. The molecular weight excluding hydrogens is 434 g/mol. The molecule has 0 N–H and O–H groups in total. The number of nitrogens with zero attached hydrogens (tertiary/aromatic N) is 1. The fraction of sp³-hybridized carbons (Fsp3) is 0.667. The Balaban J connectivity index is 2.05. The minimum atomic E-state index is -0.601. The van der Waals surface area contributed by atoms with Gasteiger partial charge in [-0.05, 0) is 25.0 Å². The lowest BCUT2D eigenvalue weighted by atomic mass is 10.1. The van der Waals surface area contributed by atoms with Gasteiger partial charge in [-0.2, -0.15) is 0 Å². The van der Waals surface area contributed by atoms with Gasteiger partial charge in [-0.3, -0.25) is 19.7 Å². The number of esters is 2. The third kappa shape index (κ3) is 12.6. The van der Waals surface area contributed by atoms with Crippen molar-refractivity contribution in [3.63, 3.8) is 0 Å². The number of carbonyl (C=O) groups excluding carboxylic acids is 2. The predicted molar refractivity (Wildman–Crippen MR) is 125 cm³/mol. The third-order valence-corrected chi connectivity index (χ3v) is 5.47. The molecule has 0 saturated heterocycles. The van der Waals surface area contributed by atoms with Crippen molar-refractivity contribution in [1.29, 1.82) is 0 Å². The van der Waals surface area contributed by atoms with Crippen LogP contribution < -0.4 is 0 Å². The van der Waals surface area contributed by atoms with Gasteiger partial charge in [0.05, 0.1) is 17.1 Å². The summed E-state index contributed by atoms with van der Waals surface area (Å²) >= 11 is 5.83. The van der Waals surface area contributed by atoms with E-state index >= 15 is 0 Å². The first-order valence-electron chi connectivity index (χ1n) is 11.7. The van der Waals surface area contributed by atoms with E-state index in [9.17, 15) is 19.7 Å². The maximum absolute atomic E-state index is 11.8. The zero-order chi connectivity index (χ0) is 23.6. The second-order valence-corrected chi connectivity index (χ2v) is 8.33. The van der Waals surface area contributed by atoms with E-state index in [0.29, 0.717) is 13.0 Å². The van der Waals surface area contributed by atoms with Crippen LogP contribution in [0.5, 0.6) is 0 Å². The van der Waals surface area contributed by atoms with Gasteiger partial charge in [-0.15, -0.1) is 0 Å². The first-order valence-corrected chi connectivity index (χ1v) is 12.1. The van der Waals surface area contributed by atoms with E-state index in [0.717, 1.165) is 12.8 Å². The average molecular weight is 470 g/mol. The zero-order valence-corrected chi connectivity index (χ0v) is 19.9. The highest BCUT2D eigenvalue weighted by atomic mass is 35.5. The Bertz CT molecular complexity index is 710. The van der Waals surface area contributed by atoms with E-state index < -0.39 is 10.9 Å². The summed E-state index contributed by atoms with van der Waals surface area (Å²) in [4.78, 5) is 34.1. The standard InChI is InChI=1S/C24H36ClNO6/c1-2-3-4-5-6-7-8-9-10-11-18-31-22(27)16-13-17-23(28)32-19-20-14-12-15-21(25)24(20)26(29)30/h12,14-15H,2-11,13,16-19H2,1H3. The van der Waals surface area contributed by atoms with E-state index in [1.165, 1.54) is 63.5 Å². The predicted octanol–water partition coefficient (Wildman–Crippen LogP) is 6.93. The molecule has 1 aromatic rings. The number of hydrogen-bond acceptors (Lipinski definition) is 6. The van der Waals surface area contributed by atoms with Crippen LogP contribution in [0.2, 0.25) is 5.02 Å². The second kappa shape index (κ2) is 17.4. The molecule has 0 aliphatic rings. The molecule has 0 radical (unpaired) electrons. The normalized spacial score (nSPS) is 10.7. The lowest BCUT2D eigenvalue weighted by molar-refractivity contribution is -0.385. The van der Waals surface area contributed by atoms with Gasteiger partial charge in [0.2, 0.25) is 0 Å². The molecule has 0 amide bonds. The maximum atomic E-state index is 11.8. The number of rotatable bonds is 18. The van der Waals surface area contributed by atoms with Crippen LogP contribution >= 0.6 is 11.6 Å². The number of carbonyl (C=O) groups is 2. The number of benzene rings is 1. The number of halogens is 1. The summed E-state index contributed by atoms with van der Waals surface area (Å²) in [6.45, 7) is 2.40. The van der Waals surface area contributed by atoms with Crippen LogP contribution in [0.1, 0.15) is 96.0 Å². The minimum Gasteiger partial charge on any atom is -0.466 e. The molecule has 0 unspecified atom stereocenters. The molecule has 0 spiro atoms. The van der Waals surface area contributed by atoms with Crippen LogP contribution in [0, 0.1) is 10.1 Å². The first-order chi connectivity index (χ1) is 15.5. The Morgan fingerprint density at radius 2 is 1.44 bits per heavy atom. The highest BCUT2D eigenvalue weighted by Gasteiger charge is 2.19. The van der Waals surface area contributed by atoms with Crippen LogP contribution in [0.25, 0.3) is 0 Å². The third-order valence-electron chi connectivity index (χ3n) is 5.16. The van der Waals surface area contributed by atoms with Crippen molar-refractivity contribution in [3.8, 4) is 0 Å². The average Bonchev–Trinajstić information content (AvgIpc) is 2.75. The van der Waals surface area contributed by atoms with E-state index in [1.807, 2.05) is 0 Å². The monoisotopic (exact) mass is 469 g/mol. The Morgan fingerprint density at radius 3 is 2.03 bits per heavy atom. The molecule has 0 fully saturated rings. The number of nitro benzene ring substituents is 1. The summed E-state index contributed by atoms with van der Waals surface area (Å²) < 4.78 is 10.3. The molecule has 0 bridgehead atoms. The van der Waals surface area contributed by atoms with Crippen LogP contribution in [-0.4, -0.2) is 23.5 Å². The molecule has 0 atom stereocenters. The van der Waals surface area contributed by atoms with Gasteiger partial charge < -0.3 is 9.47 Å². The van der Waals surface area contributed by atoms with Crippen molar-refractivity contribution in [3.05, 3.63) is 38.9 Å². The van der Waals surface area contributed by atoms with Crippen molar-refractivity contribution < 1.29 is 24.0 Å². The maximum Gasteiger partial charge on any atom is 0.306 e. The number of hydrogen-bond donors (Lipinski definition) is 0. The SMILES string of the molecule is CCCCCCCCCCCCOC(=O)CCCC(=O)OCc1cccc(Cl)c1[N+](=O)[O-]. The molecule has 0 saturated carbocycles. The fourth-order valence-electron chi connectivity index (χ4n) is 3.34. The lowest BCUT2D eigenvalue weighted by Gasteiger charge is -2.07. The topological polar surface area (TPSA) is 95.7 Å². The Hall–Kier alpha value is -2.15. The van der Waals surface area contributed by atoms with Gasteiger partial charge in [0.1, 0.15) is 11.6 Å². The smallest absolute Gasteiger partial charge is 0.306 e. The summed E-state index contributed by atoms with van der Waals surface area (Å²) in [6, 6.07) is 4.46. The van der Waals surface area contributed by atoms with Crippen LogP contribution in [0.4, 0.5) is 5.69 Å². The molecule has 0 aliphatic heterocycles. The van der Waals surface area contributed by atoms with Gasteiger partial charge in [-0.1, -0.05) is 82.4 Å². The molecule has 0 aromatic heterocycles. The summed E-state index contributed by atoms with van der Waals surface area (Å²) in [5, 5.41) is 11.1. The highest BCUT2D eigenvalue weighted by molar-refractivity contribution is 6.32. The Labute approximate surface area is 196 Å². The summed E-state index contributed by atoms with van der Waals surface area (Å²) in [5.41, 5.74) is -0.0377. The minimum absolute atomic E-state index is 0.00583.